The van der Waals surface area contributed by atoms with Crippen LogP contribution in [0.3, 0.4) is 0 Å². The van der Waals surface area contributed by atoms with E-state index < -0.39 is 15.8 Å². The molecule has 0 spiro atoms. The number of nitrogens with one attached hydrogen (secondary N) is 1. The lowest BCUT2D eigenvalue weighted by Crippen LogP contribution is -2.39. The third-order valence-electron chi connectivity index (χ3n) is 4.02. The molecule has 1 saturated heterocycles. The molecule has 5 nitrogen and oxygen atoms in total. The normalized spacial score (nSPS) is 20.9. The molecule has 0 amide bonds. The van der Waals surface area contributed by atoms with Crippen LogP contribution in [0.1, 0.15) is 13.3 Å². The minimum absolute atomic E-state index is 0.0126. The van der Waals surface area contributed by atoms with E-state index >= 15 is 0 Å². The summed E-state index contributed by atoms with van der Waals surface area (Å²) in [4.78, 5) is 3.80. The predicted octanol–water partition coefficient (Wildman–Crippen LogP) is 1.75. The van der Waals surface area contributed by atoms with Crippen molar-refractivity contribution in [3.63, 3.8) is 0 Å². The summed E-state index contributed by atoms with van der Waals surface area (Å²) in [6.45, 7) is 3.64. The summed E-state index contributed by atoms with van der Waals surface area (Å²) >= 11 is 0. The highest BCUT2D eigenvalue weighted by atomic mass is 32.2. The number of sulfonamides is 1. The number of hydrogen-bond donors (Lipinski definition) is 1. The fourth-order valence-electron chi connectivity index (χ4n) is 2.85. The summed E-state index contributed by atoms with van der Waals surface area (Å²) in [5.41, 5.74) is 0. The maximum Gasteiger partial charge on any atom is 0.244 e. The van der Waals surface area contributed by atoms with Gasteiger partial charge in [0.25, 0.3) is 0 Å². The first-order valence-electron chi connectivity index (χ1n) is 7.26. The lowest BCUT2D eigenvalue weighted by Gasteiger charge is -2.26. The van der Waals surface area contributed by atoms with E-state index in [4.69, 9.17) is 0 Å². The average Bonchev–Trinajstić information content (AvgIpc) is 2.72. The molecule has 7 heteroatoms. The predicted molar refractivity (Wildman–Crippen MR) is 82.5 cm³/mol. The molecule has 1 N–H and O–H groups in total. The van der Waals surface area contributed by atoms with Crippen LogP contribution in [-0.4, -0.2) is 43.4 Å². The van der Waals surface area contributed by atoms with E-state index in [0.717, 1.165) is 19.2 Å². The second kappa shape index (κ2) is 5.91. The van der Waals surface area contributed by atoms with Crippen molar-refractivity contribution in [2.24, 2.45) is 0 Å². The van der Waals surface area contributed by atoms with Gasteiger partial charge in [0.2, 0.25) is 10.0 Å². The lowest BCUT2D eigenvalue weighted by atomic mass is 10.2. The fraction of sp³-hybridized carbons (Fsp3) is 0.400. The third-order valence-corrected chi connectivity index (χ3v) is 6.08. The summed E-state index contributed by atoms with van der Waals surface area (Å²) in [5, 5.41) is 3.79. The van der Waals surface area contributed by atoms with Crippen molar-refractivity contribution < 1.29 is 12.8 Å². The van der Waals surface area contributed by atoms with Crippen LogP contribution < -0.4 is 5.32 Å². The Morgan fingerprint density at radius 2 is 2.14 bits per heavy atom. The minimum atomic E-state index is -3.76. The van der Waals surface area contributed by atoms with Crippen LogP contribution in [0, 0.1) is 5.82 Å². The summed E-state index contributed by atoms with van der Waals surface area (Å²) in [6, 6.07) is 4.63. The molecule has 2 heterocycles. The van der Waals surface area contributed by atoms with E-state index in [-0.39, 0.29) is 16.3 Å². The smallest absolute Gasteiger partial charge is 0.244 e. The van der Waals surface area contributed by atoms with Gasteiger partial charge in [0.15, 0.2) is 5.82 Å². The molecule has 0 aliphatic carbocycles. The Morgan fingerprint density at radius 1 is 1.32 bits per heavy atom. The number of hydrogen-bond acceptors (Lipinski definition) is 4. The van der Waals surface area contributed by atoms with Gasteiger partial charge in [-0.25, -0.2) is 12.8 Å². The quantitative estimate of drug-likeness (QED) is 0.914. The monoisotopic (exact) mass is 323 g/mol. The molecule has 1 aromatic carbocycles. The zero-order chi connectivity index (χ0) is 15.7. The molecule has 118 valence electrons. The standard InChI is InChI=1S/C15H18FN3O2S/c1-11-5-6-17-7-8-19(11)22(20,21)14-4-2-3-12-9-18-10-13(16)15(12)14/h2-4,9-11,17H,5-8H2,1H3/t11-/m0/s1. The zero-order valence-corrected chi connectivity index (χ0v) is 13.1. The molecule has 1 aliphatic heterocycles. The fourth-order valence-corrected chi connectivity index (χ4v) is 4.73. The van der Waals surface area contributed by atoms with Gasteiger partial charge in [0.1, 0.15) is 0 Å². The number of fused-ring (bicyclic) bond motifs is 1. The topological polar surface area (TPSA) is 62.3 Å². The summed E-state index contributed by atoms with van der Waals surface area (Å²) in [6.07, 6.45) is 3.26. The third kappa shape index (κ3) is 2.60. The summed E-state index contributed by atoms with van der Waals surface area (Å²) < 4.78 is 41.7. The van der Waals surface area contributed by atoms with E-state index in [1.165, 1.54) is 16.6 Å². The lowest BCUT2D eigenvalue weighted by molar-refractivity contribution is 0.350. The highest BCUT2D eigenvalue weighted by molar-refractivity contribution is 7.89. The number of aromatic nitrogens is 1. The van der Waals surface area contributed by atoms with Crippen molar-refractivity contribution in [1.29, 1.82) is 0 Å². The van der Waals surface area contributed by atoms with Gasteiger partial charge in [0, 0.05) is 36.1 Å². The van der Waals surface area contributed by atoms with Gasteiger partial charge in [-0.05, 0) is 26.0 Å². The Morgan fingerprint density at radius 3 is 2.95 bits per heavy atom. The summed E-state index contributed by atoms with van der Waals surface area (Å²) in [5.74, 6) is -0.614. The maximum atomic E-state index is 14.2. The van der Waals surface area contributed by atoms with Crippen molar-refractivity contribution in [2.75, 3.05) is 19.6 Å². The van der Waals surface area contributed by atoms with Crippen molar-refractivity contribution in [1.82, 2.24) is 14.6 Å². The van der Waals surface area contributed by atoms with Crippen molar-refractivity contribution in [2.45, 2.75) is 24.3 Å². The Bertz CT molecular complexity index is 789. The van der Waals surface area contributed by atoms with Crippen LogP contribution in [0.5, 0.6) is 0 Å². The Hall–Kier alpha value is -1.57. The van der Waals surface area contributed by atoms with Crippen LogP contribution >= 0.6 is 0 Å². The molecule has 0 radical (unpaired) electrons. The van der Waals surface area contributed by atoms with Gasteiger partial charge in [0.05, 0.1) is 11.1 Å². The number of benzene rings is 1. The molecule has 3 rings (SSSR count). The first-order chi connectivity index (χ1) is 10.5. The largest absolute Gasteiger partial charge is 0.315 e. The number of pyridine rings is 1. The number of rotatable bonds is 2. The molecular weight excluding hydrogens is 305 g/mol. The highest BCUT2D eigenvalue weighted by Crippen LogP contribution is 2.29. The minimum Gasteiger partial charge on any atom is -0.315 e. The van der Waals surface area contributed by atoms with Gasteiger partial charge in [-0.15, -0.1) is 0 Å². The maximum absolute atomic E-state index is 14.2. The first-order valence-corrected chi connectivity index (χ1v) is 8.70. The Kier molecular flexibility index (Phi) is 4.12. The molecule has 0 saturated carbocycles. The second-order valence-corrected chi connectivity index (χ2v) is 7.34. The van der Waals surface area contributed by atoms with Gasteiger partial charge in [-0.3, -0.25) is 4.98 Å². The SMILES string of the molecule is C[C@H]1CCNCCN1S(=O)(=O)c1cccc2cncc(F)c12. The molecule has 1 atom stereocenters. The molecule has 2 aromatic rings. The van der Waals surface area contributed by atoms with Crippen molar-refractivity contribution in [3.8, 4) is 0 Å². The van der Waals surface area contributed by atoms with E-state index in [2.05, 4.69) is 10.3 Å². The molecule has 1 fully saturated rings. The molecule has 1 aliphatic rings. The molecule has 22 heavy (non-hydrogen) atoms. The molecular formula is C15H18FN3O2S. The van der Waals surface area contributed by atoms with Crippen LogP contribution in [0.4, 0.5) is 4.39 Å². The van der Waals surface area contributed by atoms with E-state index in [1.807, 2.05) is 6.92 Å². The van der Waals surface area contributed by atoms with E-state index in [9.17, 15) is 12.8 Å². The van der Waals surface area contributed by atoms with E-state index in [1.54, 1.807) is 12.1 Å². The van der Waals surface area contributed by atoms with Gasteiger partial charge in [-0.1, -0.05) is 12.1 Å². The number of nitrogens with zero attached hydrogens (tertiary/aromatic N) is 2. The molecule has 0 unspecified atom stereocenters. The van der Waals surface area contributed by atoms with Crippen LogP contribution in [0.25, 0.3) is 10.8 Å². The highest BCUT2D eigenvalue weighted by Gasteiger charge is 2.31. The van der Waals surface area contributed by atoms with Crippen LogP contribution in [0.2, 0.25) is 0 Å². The van der Waals surface area contributed by atoms with Crippen LogP contribution in [-0.2, 0) is 10.0 Å². The average molecular weight is 323 g/mol. The van der Waals surface area contributed by atoms with Gasteiger partial charge < -0.3 is 5.32 Å². The van der Waals surface area contributed by atoms with Gasteiger partial charge >= 0.3 is 0 Å². The molecule has 1 aromatic heterocycles. The summed E-state index contributed by atoms with van der Waals surface area (Å²) in [7, 11) is -3.76. The first kappa shape index (κ1) is 15.3. The second-order valence-electron chi connectivity index (χ2n) is 5.48. The number of halogens is 1. The Labute approximate surface area is 129 Å². The Balaban J connectivity index is 2.17. The van der Waals surface area contributed by atoms with Gasteiger partial charge in [-0.2, -0.15) is 4.31 Å². The van der Waals surface area contributed by atoms with Crippen LogP contribution in [0.15, 0.2) is 35.5 Å². The van der Waals surface area contributed by atoms with Crippen molar-refractivity contribution in [3.05, 3.63) is 36.4 Å². The molecule has 0 bridgehead atoms. The van der Waals surface area contributed by atoms with Crippen molar-refractivity contribution >= 4 is 20.8 Å². The zero-order valence-electron chi connectivity index (χ0n) is 12.3. The van der Waals surface area contributed by atoms with E-state index in [0.29, 0.717) is 18.5 Å².